The molecule has 0 radical (unpaired) electrons. The summed E-state index contributed by atoms with van der Waals surface area (Å²) in [5.41, 5.74) is 1.51. The molecule has 1 fully saturated rings. The zero-order chi connectivity index (χ0) is 17.8. The molecule has 1 N–H and O–H groups in total. The van der Waals surface area contributed by atoms with Crippen LogP contribution >= 0.6 is 15.9 Å². The molecule has 0 atom stereocenters. The minimum atomic E-state index is -0.465. The van der Waals surface area contributed by atoms with E-state index in [1.807, 2.05) is 12.1 Å². The molecule has 0 aliphatic carbocycles. The number of benzene rings is 2. The summed E-state index contributed by atoms with van der Waals surface area (Å²) < 4.78 is 6.24. The van der Waals surface area contributed by atoms with Crippen molar-refractivity contribution in [1.29, 1.82) is 0 Å². The van der Waals surface area contributed by atoms with Crippen LogP contribution < -0.4 is 15.0 Å². The number of anilines is 1. The number of nitrogens with zero attached hydrogens (tertiary/aromatic N) is 1. The number of urea groups is 1. The smallest absolute Gasteiger partial charge is 0.333 e. The second-order valence-electron chi connectivity index (χ2n) is 5.25. The molecule has 1 heterocycles. The van der Waals surface area contributed by atoms with Gasteiger partial charge in [0.15, 0.2) is 0 Å². The van der Waals surface area contributed by atoms with Gasteiger partial charge in [-0.25, -0.2) is 9.69 Å². The van der Waals surface area contributed by atoms with Gasteiger partial charge in [0.25, 0.3) is 5.91 Å². The van der Waals surface area contributed by atoms with Crippen molar-refractivity contribution in [3.8, 4) is 5.75 Å². The van der Waals surface area contributed by atoms with E-state index < -0.39 is 6.03 Å². The summed E-state index contributed by atoms with van der Waals surface area (Å²) in [6, 6.07) is 13.7. The lowest BCUT2D eigenvalue weighted by Gasteiger charge is -2.10. The molecule has 2 aromatic rings. The van der Waals surface area contributed by atoms with Crippen molar-refractivity contribution in [2.24, 2.45) is 0 Å². The summed E-state index contributed by atoms with van der Waals surface area (Å²) >= 11 is 3.43. The Morgan fingerprint density at radius 3 is 2.60 bits per heavy atom. The quantitative estimate of drug-likeness (QED) is 0.468. The van der Waals surface area contributed by atoms with Crippen LogP contribution in [0.1, 0.15) is 5.56 Å². The third-order valence-corrected chi connectivity index (χ3v) is 4.14. The predicted molar refractivity (Wildman–Crippen MR) is 100 cm³/mol. The molecule has 1 aliphatic heterocycles. The Morgan fingerprint density at radius 1 is 1.16 bits per heavy atom. The Balaban J connectivity index is 1.85. The number of carbonyl (C=O) groups is 2. The number of ether oxygens (including phenoxy) is 1. The van der Waals surface area contributed by atoms with Crippen LogP contribution in [0.3, 0.4) is 0 Å². The summed E-state index contributed by atoms with van der Waals surface area (Å²) in [6.07, 6.45) is 3.29. The van der Waals surface area contributed by atoms with E-state index in [1.165, 1.54) is 0 Å². The first-order valence-corrected chi connectivity index (χ1v) is 8.35. The van der Waals surface area contributed by atoms with Gasteiger partial charge in [-0.3, -0.25) is 4.79 Å². The first-order chi connectivity index (χ1) is 12.1. The molecule has 0 saturated carbocycles. The second-order valence-corrected chi connectivity index (χ2v) is 6.11. The molecule has 1 aliphatic rings. The highest BCUT2D eigenvalue weighted by atomic mass is 79.9. The fourth-order valence-electron chi connectivity index (χ4n) is 2.39. The number of carbonyl (C=O) groups excluding carboxylic acids is 2. The van der Waals surface area contributed by atoms with Gasteiger partial charge in [-0.15, -0.1) is 0 Å². The number of para-hydroxylation sites is 1. The Hall–Kier alpha value is -2.86. The lowest BCUT2D eigenvalue weighted by molar-refractivity contribution is -0.113. The maximum atomic E-state index is 12.5. The lowest BCUT2D eigenvalue weighted by atomic mass is 10.2. The van der Waals surface area contributed by atoms with E-state index in [0.29, 0.717) is 18.0 Å². The fraction of sp³-hybridized carbons (Fsp3) is 0.0526. The molecule has 0 bridgehead atoms. The minimum absolute atomic E-state index is 0.223. The molecule has 25 heavy (non-hydrogen) atoms. The maximum absolute atomic E-state index is 12.5. The number of rotatable bonds is 5. The lowest BCUT2D eigenvalue weighted by Crippen LogP contribution is -2.30. The van der Waals surface area contributed by atoms with Crippen molar-refractivity contribution in [2.45, 2.75) is 0 Å². The van der Waals surface area contributed by atoms with Crippen LogP contribution in [0.5, 0.6) is 5.75 Å². The Bertz CT molecular complexity index is 862. The third-order valence-electron chi connectivity index (χ3n) is 3.52. The molecule has 0 unspecified atom stereocenters. The molecule has 3 rings (SSSR count). The summed E-state index contributed by atoms with van der Waals surface area (Å²) in [4.78, 5) is 25.8. The number of amides is 3. The first-order valence-electron chi connectivity index (χ1n) is 7.55. The van der Waals surface area contributed by atoms with Crippen molar-refractivity contribution in [3.05, 3.63) is 76.9 Å². The molecule has 0 spiro atoms. The summed E-state index contributed by atoms with van der Waals surface area (Å²) in [5.74, 6) is 0.286. The van der Waals surface area contributed by atoms with Gasteiger partial charge < -0.3 is 10.1 Å². The van der Waals surface area contributed by atoms with Crippen LogP contribution in [0.15, 0.2) is 71.4 Å². The Kier molecular flexibility index (Phi) is 5.00. The molecule has 6 heteroatoms. The fourth-order valence-corrected chi connectivity index (χ4v) is 2.90. The standard InChI is InChI=1S/C19H15BrN2O3/c1-2-10-25-17-9-8-13(11-15(17)20)12-16-18(23)22(19(24)21-16)14-6-4-3-5-7-14/h2-9,11-12H,1,10H2,(H,21,24)/b16-12+. The zero-order valence-corrected chi connectivity index (χ0v) is 14.8. The number of hydrogen-bond donors (Lipinski definition) is 1. The Morgan fingerprint density at radius 2 is 1.92 bits per heavy atom. The van der Waals surface area contributed by atoms with E-state index in [4.69, 9.17) is 4.74 Å². The van der Waals surface area contributed by atoms with Gasteiger partial charge in [0.2, 0.25) is 0 Å². The zero-order valence-electron chi connectivity index (χ0n) is 13.2. The van der Waals surface area contributed by atoms with Crippen molar-refractivity contribution in [1.82, 2.24) is 5.32 Å². The molecular formula is C19H15BrN2O3. The van der Waals surface area contributed by atoms with Crippen molar-refractivity contribution in [2.75, 3.05) is 11.5 Å². The first kappa shape index (κ1) is 17.0. The van der Waals surface area contributed by atoms with Gasteiger partial charge in [-0.2, -0.15) is 0 Å². The van der Waals surface area contributed by atoms with Gasteiger partial charge in [0.1, 0.15) is 18.1 Å². The monoisotopic (exact) mass is 398 g/mol. The molecule has 5 nitrogen and oxygen atoms in total. The number of hydrogen-bond acceptors (Lipinski definition) is 3. The van der Waals surface area contributed by atoms with Crippen LogP contribution in [0.25, 0.3) is 6.08 Å². The molecule has 3 amide bonds. The van der Waals surface area contributed by atoms with E-state index in [2.05, 4.69) is 27.8 Å². The molecule has 126 valence electrons. The largest absolute Gasteiger partial charge is 0.488 e. The second kappa shape index (κ2) is 7.36. The van der Waals surface area contributed by atoms with Crippen LogP contribution in [0, 0.1) is 0 Å². The van der Waals surface area contributed by atoms with Gasteiger partial charge in [0.05, 0.1) is 10.2 Å². The highest BCUT2D eigenvalue weighted by molar-refractivity contribution is 9.10. The molecule has 0 aromatic heterocycles. The van der Waals surface area contributed by atoms with E-state index in [9.17, 15) is 9.59 Å². The van der Waals surface area contributed by atoms with Gasteiger partial charge in [0, 0.05) is 0 Å². The van der Waals surface area contributed by atoms with Gasteiger partial charge in [-0.05, 0) is 51.8 Å². The van der Waals surface area contributed by atoms with Crippen molar-refractivity contribution < 1.29 is 14.3 Å². The molecular weight excluding hydrogens is 384 g/mol. The number of nitrogens with one attached hydrogen (secondary N) is 1. The summed E-state index contributed by atoms with van der Waals surface area (Å²) in [5, 5.41) is 2.61. The topological polar surface area (TPSA) is 58.6 Å². The van der Waals surface area contributed by atoms with E-state index in [-0.39, 0.29) is 11.6 Å². The third kappa shape index (κ3) is 3.64. The van der Waals surface area contributed by atoms with Gasteiger partial charge in [-0.1, -0.05) is 36.9 Å². The summed E-state index contributed by atoms with van der Waals surface area (Å²) in [7, 11) is 0. The summed E-state index contributed by atoms with van der Waals surface area (Å²) in [6.45, 7) is 4.01. The minimum Gasteiger partial charge on any atom is -0.488 e. The maximum Gasteiger partial charge on any atom is 0.333 e. The van der Waals surface area contributed by atoms with Crippen LogP contribution in [0.4, 0.5) is 10.5 Å². The Labute approximate surface area is 153 Å². The van der Waals surface area contributed by atoms with Crippen molar-refractivity contribution >= 4 is 39.6 Å². The van der Waals surface area contributed by atoms with E-state index in [1.54, 1.807) is 48.6 Å². The number of imide groups is 1. The highest BCUT2D eigenvalue weighted by Crippen LogP contribution is 2.28. The predicted octanol–water partition coefficient (Wildman–Crippen LogP) is 4.11. The SMILES string of the molecule is C=CCOc1ccc(/C=C2/NC(=O)N(c3ccccc3)C2=O)cc1Br. The molecule has 1 saturated heterocycles. The average molecular weight is 399 g/mol. The highest BCUT2D eigenvalue weighted by Gasteiger charge is 2.34. The van der Waals surface area contributed by atoms with Crippen molar-refractivity contribution in [3.63, 3.8) is 0 Å². The van der Waals surface area contributed by atoms with Crippen LogP contribution in [-0.4, -0.2) is 18.5 Å². The van der Waals surface area contributed by atoms with Crippen LogP contribution in [0.2, 0.25) is 0 Å². The van der Waals surface area contributed by atoms with Gasteiger partial charge >= 0.3 is 6.03 Å². The van der Waals surface area contributed by atoms with E-state index in [0.717, 1.165) is 14.9 Å². The number of halogens is 1. The average Bonchev–Trinajstić information content (AvgIpc) is 2.88. The molecule has 2 aromatic carbocycles. The van der Waals surface area contributed by atoms with Crippen LogP contribution in [-0.2, 0) is 4.79 Å². The normalized spacial score (nSPS) is 15.4. The van der Waals surface area contributed by atoms with E-state index >= 15 is 0 Å².